The smallest absolute Gasteiger partial charge is 0.306 e. The fraction of sp³-hybridized carbons (Fsp3) is 0.737. The number of allylic oxidation sites excluding steroid dienone is 12. The average Bonchev–Trinajstić information content (AvgIpc) is 3.28. The topological polar surface area (TPSA) is 78.9 Å². The van der Waals surface area contributed by atoms with Crippen LogP contribution in [-0.2, 0) is 28.6 Å². The van der Waals surface area contributed by atoms with E-state index in [4.69, 9.17) is 14.2 Å². The van der Waals surface area contributed by atoms with Crippen LogP contribution in [0.25, 0.3) is 0 Å². The van der Waals surface area contributed by atoms with Gasteiger partial charge in [0.15, 0.2) is 6.10 Å². The first-order chi connectivity index (χ1) is 31.0. The molecular weight excluding hydrogens is 781 g/mol. The number of esters is 3. The molecule has 0 rings (SSSR count). The molecule has 0 amide bonds. The maximum absolute atomic E-state index is 12.8. The van der Waals surface area contributed by atoms with Gasteiger partial charge in [0.1, 0.15) is 13.2 Å². The summed E-state index contributed by atoms with van der Waals surface area (Å²) < 4.78 is 16.7. The van der Waals surface area contributed by atoms with Crippen molar-refractivity contribution in [1.82, 2.24) is 0 Å². The molecule has 0 aliphatic rings. The normalized spacial score (nSPS) is 12.2. The third kappa shape index (κ3) is 49.7. The van der Waals surface area contributed by atoms with Gasteiger partial charge in [-0.2, -0.15) is 0 Å². The van der Waals surface area contributed by atoms with E-state index in [-0.39, 0.29) is 37.5 Å². The van der Waals surface area contributed by atoms with E-state index in [1.54, 1.807) is 0 Å². The molecule has 0 saturated carbocycles. The zero-order valence-corrected chi connectivity index (χ0v) is 41.3. The first kappa shape index (κ1) is 59.9. The van der Waals surface area contributed by atoms with Gasteiger partial charge < -0.3 is 14.2 Å². The Labute approximate surface area is 389 Å². The Kier molecular flexibility index (Phi) is 48.9. The molecule has 0 aromatic heterocycles. The van der Waals surface area contributed by atoms with Crippen LogP contribution in [0.15, 0.2) is 72.9 Å². The minimum absolute atomic E-state index is 0.102. The predicted octanol–water partition coefficient (Wildman–Crippen LogP) is 17.4. The monoisotopic (exact) mass is 879 g/mol. The number of carbonyl (C=O) groups is 3. The Hall–Kier alpha value is -3.15. The van der Waals surface area contributed by atoms with Crippen molar-refractivity contribution in [2.45, 2.75) is 258 Å². The molecule has 0 radical (unpaired) electrons. The van der Waals surface area contributed by atoms with E-state index in [9.17, 15) is 14.4 Å². The zero-order chi connectivity index (χ0) is 45.8. The molecule has 0 N–H and O–H groups in total. The van der Waals surface area contributed by atoms with Crippen LogP contribution < -0.4 is 0 Å². The molecule has 0 unspecified atom stereocenters. The molecule has 0 atom stereocenters. The molecule has 63 heavy (non-hydrogen) atoms. The highest BCUT2D eigenvalue weighted by molar-refractivity contribution is 5.71. The van der Waals surface area contributed by atoms with Gasteiger partial charge >= 0.3 is 17.9 Å². The van der Waals surface area contributed by atoms with Crippen LogP contribution in [0.2, 0.25) is 0 Å². The third-order valence-electron chi connectivity index (χ3n) is 11.2. The lowest BCUT2D eigenvalue weighted by Crippen LogP contribution is -2.30. The lowest BCUT2D eigenvalue weighted by Gasteiger charge is -2.18. The second kappa shape index (κ2) is 51.5. The molecule has 0 spiro atoms. The van der Waals surface area contributed by atoms with E-state index >= 15 is 0 Å². The summed E-state index contributed by atoms with van der Waals surface area (Å²) in [7, 11) is 0. The van der Waals surface area contributed by atoms with Gasteiger partial charge in [0.05, 0.1) is 0 Å². The summed E-state index contributed by atoms with van der Waals surface area (Å²) >= 11 is 0. The first-order valence-corrected chi connectivity index (χ1v) is 26.4. The summed E-state index contributed by atoms with van der Waals surface area (Å²) in [4.78, 5) is 37.9. The summed E-state index contributed by atoms with van der Waals surface area (Å²) in [6, 6.07) is 0. The van der Waals surface area contributed by atoms with Crippen LogP contribution in [0.3, 0.4) is 0 Å². The average molecular weight is 879 g/mol. The van der Waals surface area contributed by atoms with Gasteiger partial charge in [0.25, 0.3) is 0 Å². The maximum Gasteiger partial charge on any atom is 0.306 e. The summed E-state index contributed by atoms with van der Waals surface area (Å²) in [5.74, 6) is -0.981. The lowest BCUT2D eigenvalue weighted by molar-refractivity contribution is -0.166. The second-order valence-corrected chi connectivity index (χ2v) is 17.4. The molecule has 362 valence electrons. The van der Waals surface area contributed by atoms with Gasteiger partial charge in [0.2, 0.25) is 0 Å². The summed E-state index contributed by atoms with van der Waals surface area (Å²) in [6.07, 6.45) is 64.7. The number of hydrogen-bond acceptors (Lipinski definition) is 6. The third-order valence-corrected chi connectivity index (χ3v) is 11.2. The molecular formula is C57H98O6. The number of rotatable bonds is 47. The molecule has 0 aromatic carbocycles. The van der Waals surface area contributed by atoms with Crippen LogP contribution in [0, 0.1) is 0 Å². The summed E-state index contributed by atoms with van der Waals surface area (Å²) in [6.45, 7) is 6.47. The van der Waals surface area contributed by atoms with E-state index in [0.717, 1.165) is 77.0 Å². The quantitative estimate of drug-likeness (QED) is 0.0262. The van der Waals surface area contributed by atoms with E-state index in [0.29, 0.717) is 19.3 Å². The van der Waals surface area contributed by atoms with Crippen molar-refractivity contribution < 1.29 is 28.6 Å². The van der Waals surface area contributed by atoms with Crippen molar-refractivity contribution in [3.8, 4) is 0 Å². The first-order valence-electron chi connectivity index (χ1n) is 26.4. The fourth-order valence-electron chi connectivity index (χ4n) is 7.29. The molecule has 0 fully saturated rings. The molecule has 0 heterocycles. The molecule has 0 saturated heterocycles. The standard InChI is InChI=1S/C57H98O6/c1-4-7-10-13-16-19-22-25-26-27-28-29-30-33-36-39-42-45-48-51-57(60)63-54(52-61-55(58)49-46-43-40-37-34-31-23-20-17-14-11-8-5-2)53-62-56(59)50-47-44-41-38-35-32-24-21-18-15-12-9-6-3/h7,10,16,19,25-26,28-29,33,36,42,45,54H,4-6,8-9,11-15,17-18,20-24,27,30-32,34-35,37-41,43-44,46-53H2,1-3H3/b10-7+,19-16+,26-25+,29-28+,36-33+,45-42+. The number of ether oxygens (including phenoxy) is 3. The van der Waals surface area contributed by atoms with Crippen molar-refractivity contribution in [3.05, 3.63) is 72.9 Å². The van der Waals surface area contributed by atoms with Crippen LogP contribution in [-0.4, -0.2) is 37.2 Å². The van der Waals surface area contributed by atoms with Gasteiger partial charge in [-0.1, -0.05) is 248 Å². The Morgan fingerprint density at radius 2 is 0.619 bits per heavy atom. The number of hydrogen-bond donors (Lipinski definition) is 0. The molecule has 0 aliphatic heterocycles. The molecule has 0 aromatic rings. The summed E-state index contributed by atoms with van der Waals surface area (Å²) in [5.41, 5.74) is 0. The second-order valence-electron chi connectivity index (χ2n) is 17.4. The highest BCUT2D eigenvalue weighted by Crippen LogP contribution is 2.15. The predicted molar refractivity (Wildman–Crippen MR) is 270 cm³/mol. The van der Waals surface area contributed by atoms with E-state index < -0.39 is 6.10 Å². The Balaban J connectivity index is 4.49. The molecule has 6 heteroatoms. The Bertz CT molecular complexity index is 1150. The van der Waals surface area contributed by atoms with Crippen LogP contribution in [0.4, 0.5) is 0 Å². The van der Waals surface area contributed by atoms with E-state index in [2.05, 4.69) is 87.6 Å². The minimum Gasteiger partial charge on any atom is -0.462 e. The van der Waals surface area contributed by atoms with Gasteiger partial charge in [0, 0.05) is 19.3 Å². The van der Waals surface area contributed by atoms with Crippen molar-refractivity contribution in [2.24, 2.45) is 0 Å². The van der Waals surface area contributed by atoms with Gasteiger partial charge in [-0.15, -0.1) is 0 Å². The number of carbonyl (C=O) groups excluding carboxylic acids is 3. The van der Waals surface area contributed by atoms with Crippen molar-refractivity contribution in [2.75, 3.05) is 13.2 Å². The Morgan fingerprint density at radius 3 is 0.937 bits per heavy atom. The highest BCUT2D eigenvalue weighted by Gasteiger charge is 2.19. The van der Waals surface area contributed by atoms with E-state index in [1.165, 1.54) is 128 Å². The summed E-state index contributed by atoms with van der Waals surface area (Å²) in [5, 5.41) is 0. The molecule has 6 nitrogen and oxygen atoms in total. The maximum atomic E-state index is 12.8. The lowest BCUT2D eigenvalue weighted by atomic mass is 10.0. The van der Waals surface area contributed by atoms with Crippen molar-refractivity contribution in [3.63, 3.8) is 0 Å². The van der Waals surface area contributed by atoms with Crippen LogP contribution in [0.5, 0.6) is 0 Å². The Morgan fingerprint density at radius 1 is 0.333 bits per heavy atom. The zero-order valence-electron chi connectivity index (χ0n) is 41.3. The minimum atomic E-state index is -0.811. The largest absolute Gasteiger partial charge is 0.462 e. The highest BCUT2D eigenvalue weighted by atomic mass is 16.6. The fourth-order valence-corrected chi connectivity index (χ4v) is 7.29. The van der Waals surface area contributed by atoms with Gasteiger partial charge in [-0.3, -0.25) is 14.4 Å². The van der Waals surface area contributed by atoms with Gasteiger partial charge in [-0.25, -0.2) is 0 Å². The van der Waals surface area contributed by atoms with Crippen molar-refractivity contribution >= 4 is 17.9 Å². The van der Waals surface area contributed by atoms with Crippen LogP contribution >= 0.6 is 0 Å². The van der Waals surface area contributed by atoms with Crippen LogP contribution in [0.1, 0.15) is 252 Å². The van der Waals surface area contributed by atoms with Crippen molar-refractivity contribution in [1.29, 1.82) is 0 Å². The van der Waals surface area contributed by atoms with Gasteiger partial charge in [-0.05, 0) is 57.8 Å². The molecule has 0 bridgehead atoms. The number of unbranched alkanes of at least 4 members (excludes halogenated alkanes) is 24. The molecule has 0 aliphatic carbocycles. The van der Waals surface area contributed by atoms with E-state index in [1.807, 2.05) is 6.08 Å². The SMILES string of the molecule is CC/C=C/C/C=C/C/C=C/C/C=C/C/C=C/C/C=C/CCC(=O)OC(COC(=O)CCCCCCCCCCCCCCC)COC(=O)CCCCCCCCCCCCCCC.